The van der Waals surface area contributed by atoms with E-state index in [2.05, 4.69) is 61.1 Å². The molecule has 0 bridgehead atoms. The SMILES string of the molecule is C[C@H]1CCCC[C@H]1N1C(=O)/C(=C/c2cc(Br)cc(Br)c2OCc2ccccc2)SC1Nc1ccccc1. The van der Waals surface area contributed by atoms with Gasteiger partial charge in [-0.1, -0.05) is 96.0 Å². The lowest BCUT2D eigenvalue weighted by molar-refractivity contribution is -0.129. The highest BCUT2D eigenvalue weighted by Gasteiger charge is 2.43. The smallest absolute Gasteiger partial charge is 0.262 e. The molecule has 0 aromatic heterocycles. The quantitative estimate of drug-likeness (QED) is 0.262. The first-order chi connectivity index (χ1) is 18.0. The number of carbonyl (C=O) groups is 1. The molecule has 0 radical (unpaired) electrons. The van der Waals surface area contributed by atoms with Crippen molar-refractivity contribution in [3.63, 3.8) is 0 Å². The number of para-hydroxylation sites is 1. The molecule has 37 heavy (non-hydrogen) atoms. The Morgan fingerprint density at radius 3 is 2.46 bits per heavy atom. The van der Waals surface area contributed by atoms with Gasteiger partial charge in [0.2, 0.25) is 0 Å². The van der Waals surface area contributed by atoms with Gasteiger partial charge in [0.25, 0.3) is 5.91 Å². The van der Waals surface area contributed by atoms with Crippen LogP contribution in [0.15, 0.2) is 86.6 Å². The van der Waals surface area contributed by atoms with Gasteiger partial charge in [-0.2, -0.15) is 0 Å². The van der Waals surface area contributed by atoms with Crippen LogP contribution in [0.3, 0.4) is 0 Å². The monoisotopic (exact) mass is 640 g/mol. The molecule has 7 heteroatoms. The van der Waals surface area contributed by atoms with E-state index in [0.29, 0.717) is 12.5 Å². The predicted octanol–water partition coefficient (Wildman–Crippen LogP) is 8.68. The lowest BCUT2D eigenvalue weighted by Gasteiger charge is -2.39. The van der Waals surface area contributed by atoms with Crippen LogP contribution in [-0.4, -0.2) is 22.3 Å². The highest BCUT2D eigenvalue weighted by Crippen LogP contribution is 2.44. The highest BCUT2D eigenvalue weighted by atomic mass is 79.9. The maximum Gasteiger partial charge on any atom is 0.262 e. The molecule has 1 saturated heterocycles. The van der Waals surface area contributed by atoms with Crippen LogP contribution < -0.4 is 10.1 Å². The van der Waals surface area contributed by atoms with Crippen LogP contribution in [0.4, 0.5) is 5.69 Å². The first kappa shape index (κ1) is 26.4. The van der Waals surface area contributed by atoms with Gasteiger partial charge in [0, 0.05) is 21.8 Å². The van der Waals surface area contributed by atoms with Crippen LogP contribution in [0.1, 0.15) is 43.7 Å². The molecule has 3 atom stereocenters. The van der Waals surface area contributed by atoms with E-state index in [0.717, 1.165) is 55.7 Å². The van der Waals surface area contributed by atoms with Gasteiger partial charge in [-0.25, -0.2) is 0 Å². The second-order valence-corrected chi connectivity index (χ2v) is 12.5. The molecule has 1 unspecified atom stereocenters. The lowest BCUT2D eigenvalue weighted by Crippen LogP contribution is -2.48. The fourth-order valence-corrected chi connectivity index (χ4v) is 7.65. The predicted molar refractivity (Wildman–Crippen MR) is 160 cm³/mol. The van der Waals surface area contributed by atoms with Crippen molar-refractivity contribution in [2.24, 2.45) is 5.92 Å². The number of carbonyl (C=O) groups excluding carboxylic acids is 1. The Labute approximate surface area is 240 Å². The number of hydrogen-bond acceptors (Lipinski definition) is 4. The van der Waals surface area contributed by atoms with Gasteiger partial charge < -0.3 is 15.0 Å². The van der Waals surface area contributed by atoms with E-state index < -0.39 is 0 Å². The number of amides is 1. The molecule has 1 aliphatic carbocycles. The van der Waals surface area contributed by atoms with Gasteiger partial charge in [0.05, 0.1) is 9.38 Å². The van der Waals surface area contributed by atoms with Crippen LogP contribution in [0.25, 0.3) is 6.08 Å². The number of hydrogen-bond donors (Lipinski definition) is 1. The summed E-state index contributed by atoms with van der Waals surface area (Å²) in [5.74, 6) is 1.29. The van der Waals surface area contributed by atoms with Gasteiger partial charge in [-0.15, -0.1) is 0 Å². The summed E-state index contributed by atoms with van der Waals surface area (Å²) in [6.07, 6.45) is 6.58. The summed E-state index contributed by atoms with van der Waals surface area (Å²) in [5.41, 5.74) is 2.81. The molecule has 2 fully saturated rings. The van der Waals surface area contributed by atoms with E-state index in [4.69, 9.17) is 4.74 Å². The number of rotatable bonds is 7. The Kier molecular flexibility index (Phi) is 8.63. The summed E-state index contributed by atoms with van der Waals surface area (Å²) in [6.45, 7) is 2.73. The van der Waals surface area contributed by atoms with E-state index in [9.17, 15) is 4.79 Å². The van der Waals surface area contributed by atoms with Crippen LogP contribution in [0.5, 0.6) is 5.75 Å². The van der Waals surface area contributed by atoms with Crippen molar-refractivity contribution < 1.29 is 9.53 Å². The van der Waals surface area contributed by atoms with Crippen molar-refractivity contribution in [3.8, 4) is 5.75 Å². The fourth-order valence-electron chi connectivity index (χ4n) is 5.08. The molecule has 3 aromatic rings. The molecule has 1 N–H and O–H groups in total. The third kappa shape index (κ3) is 6.27. The van der Waals surface area contributed by atoms with Crippen LogP contribution in [0, 0.1) is 5.92 Å². The van der Waals surface area contributed by atoms with Crippen molar-refractivity contribution in [2.75, 3.05) is 5.32 Å². The number of benzene rings is 3. The maximum absolute atomic E-state index is 13.9. The van der Waals surface area contributed by atoms with Crippen LogP contribution >= 0.6 is 43.6 Å². The Morgan fingerprint density at radius 2 is 1.73 bits per heavy atom. The molecule has 3 aromatic carbocycles. The van der Waals surface area contributed by atoms with E-state index in [1.165, 1.54) is 6.42 Å². The fraction of sp³-hybridized carbons (Fsp3) is 0.300. The molecule has 1 aliphatic heterocycles. The van der Waals surface area contributed by atoms with Crippen LogP contribution in [-0.2, 0) is 11.4 Å². The second-order valence-electron chi connectivity index (χ2n) is 9.61. The topological polar surface area (TPSA) is 41.6 Å². The van der Waals surface area contributed by atoms with Crippen molar-refractivity contribution in [1.82, 2.24) is 4.90 Å². The largest absolute Gasteiger partial charge is 0.487 e. The number of thioether (sulfide) groups is 1. The van der Waals surface area contributed by atoms with Crippen molar-refractivity contribution in [1.29, 1.82) is 0 Å². The maximum atomic E-state index is 13.9. The van der Waals surface area contributed by atoms with Gasteiger partial charge >= 0.3 is 0 Å². The number of halogens is 2. The van der Waals surface area contributed by atoms with E-state index in [1.807, 2.05) is 66.7 Å². The summed E-state index contributed by atoms with van der Waals surface area (Å²) < 4.78 is 8.04. The first-order valence-corrected chi connectivity index (χ1v) is 15.1. The van der Waals surface area contributed by atoms with Crippen molar-refractivity contribution >= 4 is 61.3 Å². The first-order valence-electron chi connectivity index (χ1n) is 12.7. The lowest BCUT2D eigenvalue weighted by atomic mass is 9.85. The number of nitrogens with one attached hydrogen (secondary N) is 1. The van der Waals surface area contributed by atoms with Gasteiger partial charge in [-0.05, 0) is 70.6 Å². The van der Waals surface area contributed by atoms with Gasteiger partial charge in [-0.3, -0.25) is 4.79 Å². The molecular weight excluding hydrogens is 612 g/mol. The molecule has 2 aliphatic rings. The zero-order valence-electron chi connectivity index (χ0n) is 20.7. The normalized spacial score (nSPS) is 22.9. The zero-order chi connectivity index (χ0) is 25.8. The minimum Gasteiger partial charge on any atom is -0.487 e. The molecule has 192 valence electrons. The minimum atomic E-state index is -0.156. The average molecular weight is 642 g/mol. The number of ether oxygens (including phenoxy) is 1. The highest BCUT2D eigenvalue weighted by molar-refractivity contribution is 9.11. The summed E-state index contributed by atoms with van der Waals surface area (Å²) in [6, 6.07) is 24.5. The van der Waals surface area contributed by atoms with E-state index in [-0.39, 0.29) is 17.4 Å². The summed E-state index contributed by atoms with van der Waals surface area (Å²) in [4.78, 5) is 16.8. The third-order valence-electron chi connectivity index (χ3n) is 6.97. The van der Waals surface area contributed by atoms with E-state index >= 15 is 0 Å². The summed E-state index contributed by atoms with van der Waals surface area (Å²) in [5, 5.41) is 3.62. The minimum absolute atomic E-state index is 0.0855. The van der Waals surface area contributed by atoms with Gasteiger partial charge in [0.1, 0.15) is 12.4 Å². The molecule has 4 nitrogen and oxygen atoms in total. The molecule has 0 spiro atoms. The van der Waals surface area contributed by atoms with Crippen molar-refractivity contribution in [3.05, 3.63) is 97.8 Å². The molecule has 5 rings (SSSR count). The Bertz CT molecular complexity index is 1270. The standard InChI is InChI=1S/C30H30Br2N2O2S/c1-20-10-8-9-15-26(20)34-29(35)27(37-30(34)33-24-13-6-3-7-14-24)17-22-16-23(31)18-25(32)28(22)36-19-21-11-4-2-5-12-21/h2-7,11-14,16-18,20,26,30,33H,8-10,15,19H2,1H3/b27-17-/t20-,26+,30?/m0/s1. The molecule has 1 saturated carbocycles. The zero-order valence-corrected chi connectivity index (χ0v) is 24.7. The van der Waals surface area contributed by atoms with Crippen molar-refractivity contribution in [2.45, 2.75) is 50.8 Å². The molecule has 1 amide bonds. The molecular formula is C30H30Br2N2O2S. The third-order valence-corrected chi connectivity index (χ3v) is 9.14. The average Bonchev–Trinajstić information content (AvgIpc) is 3.19. The van der Waals surface area contributed by atoms with Crippen LogP contribution in [0.2, 0.25) is 0 Å². The second kappa shape index (κ2) is 12.1. The molecule has 1 heterocycles. The Morgan fingerprint density at radius 1 is 1.03 bits per heavy atom. The number of nitrogens with zero attached hydrogens (tertiary/aromatic N) is 1. The van der Waals surface area contributed by atoms with Gasteiger partial charge in [0.15, 0.2) is 5.50 Å². The summed E-state index contributed by atoms with van der Waals surface area (Å²) >= 11 is 8.88. The van der Waals surface area contributed by atoms with E-state index in [1.54, 1.807) is 11.8 Å². The summed E-state index contributed by atoms with van der Waals surface area (Å²) in [7, 11) is 0. The number of anilines is 1. The Balaban J connectivity index is 1.47. The Hall–Kier alpha value is -2.22.